The lowest BCUT2D eigenvalue weighted by Gasteiger charge is -2.21. The van der Waals surface area contributed by atoms with Gasteiger partial charge in [0.1, 0.15) is 18.2 Å². The summed E-state index contributed by atoms with van der Waals surface area (Å²) in [5.74, 6) is -0.735. The van der Waals surface area contributed by atoms with Crippen LogP contribution in [0.2, 0.25) is 5.02 Å². The van der Waals surface area contributed by atoms with E-state index in [0.29, 0.717) is 41.2 Å². The van der Waals surface area contributed by atoms with E-state index in [1.54, 1.807) is 24.3 Å². The van der Waals surface area contributed by atoms with Gasteiger partial charge >= 0.3 is 0 Å². The SMILES string of the molecule is O=C1CCCc2c1cc(C(=O)Nn1cnnc1)c(=O)n2-c1ccc(Cl)cc1. The molecule has 2 aromatic heterocycles. The van der Waals surface area contributed by atoms with Crippen LogP contribution in [0.1, 0.15) is 39.3 Å². The zero-order valence-corrected chi connectivity index (χ0v) is 14.8. The summed E-state index contributed by atoms with van der Waals surface area (Å²) in [5.41, 5.74) is 3.41. The van der Waals surface area contributed by atoms with Gasteiger partial charge in [0, 0.05) is 28.4 Å². The van der Waals surface area contributed by atoms with Crippen LogP contribution >= 0.6 is 11.6 Å². The molecule has 1 aromatic carbocycles. The molecule has 0 unspecified atom stereocenters. The Morgan fingerprint density at radius 2 is 1.78 bits per heavy atom. The average molecular weight is 384 g/mol. The molecular weight excluding hydrogens is 370 g/mol. The van der Waals surface area contributed by atoms with Gasteiger partial charge in [-0.2, -0.15) is 0 Å². The van der Waals surface area contributed by atoms with Crippen molar-refractivity contribution >= 4 is 23.3 Å². The largest absolute Gasteiger partial charge is 0.294 e. The molecule has 0 fully saturated rings. The highest BCUT2D eigenvalue weighted by atomic mass is 35.5. The highest BCUT2D eigenvalue weighted by molar-refractivity contribution is 6.30. The number of carbonyl (C=O) groups excluding carboxylic acids is 2. The molecule has 0 atom stereocenters. The lowest BCUT2D eigenvalue weighted by molar-refractivity contribution is 0.0971. The van der Waals surface area contributed by atoms with Crippen LogP contribution in [0, 0.1) is 0 Å². The van der Waals surface area contributed by atoms with Gasteiger partial charge in [0.25, 0.3) is 11.5 Å². The predicted octanol–water partition coefficient (Wildman–Crippen LogP) is 1.99. The van der Waals surface area contributed by atoms with Crippen LogP contribution in [0.15, 0.2) is 47.8 Å². The van der Waals surface area contributed by atoms with E-state index in [9.17, 15) is 14.4 Å². The highest BCUT2D eigenvalue weighted by Gasteiger charge is 2.26. The van der Waals surface area contributed by atoms with Crippen LogP contribution in [-0.2, 0) is 6.42 Å². The van der Waals surface area contributed by atoms with Crippen molar-refractivity contribution < 1.29 is 9.59 Å². The second-order valence-corrected chi connectivity index (χ2v) is 6.56. The number of rotatable bonds is 3. The molecule has 2 heterocycles. The van der Waals surface area contributed by atoms with Gasteiger partial charge in [-0.25, -0.2) is 4.68 Å². The highest BCUT2D eigenvalue weighted by Crippen LogP contribution is 2.24. The Morgan fingerprint density at radius 1 is 1.07 bits per heavy atom. The fourth-order valence-corrected chi connectivity index (χ4v) is 3.28. The van der Waals surface area contributed by atoms with Crippen LogP contribution < -0.4 is 11.0 Å². The molecule has 0 radical (unpaired) electrons. The molecule has 0 spiro atoms. The number of amides is 1. The van der Waals surface area contributed by atoms with Gasteiger partial charge in [-0.1, -0.05) is 11.6 Å². The van der Waals surface area contributed by atoms with E-state index in [0.717, 1.165) is 0 Å². The topological polar surface area (TPSA) is 98.9 Å². The molecule has 0 saturated heterocycles. The van der Waals surface area contributed by atoms with Crippen molar-refractivity contribution in [2.75, 3.05) is 5.43 Å². The maximum absolute atomic E-state index is 13.1. The monoisotopic (exact) mass is 383 g/mol. The molecule has 1 amide bonds. The first-order valence-corrected chi connectivity index (χ1v) is 8.66. The van der Waals surface area contributed by atoms with Gasteiger partial charge in [-0.15, -0.1) is 10.2 Å². The standard InChI is InChI=1S/C18H14ClN5O3/c19-11-4-6-12(7-5-11)24-15-2-1-3-16(25)13(15)8-14(18(24)27)17(26)22-23-9-20-21-10-23/h4-10H,1-3H2,(H,22,26). The Hall–Kier alpha value is -3.26. The summed E-state index contributed by atoms with van der Waals surface area (Å²) >= 11 is 5.95. The number of Topliss-reactive ketones (excluding diaryl/α,β-unsaturated/α-hetero) is 1. The zero-order valence-electron chi connectivity index (χ0n) is 14.1. The number of nitrogens with one attached hydrogen (secondary N) is 1. The van der Waals surface area contributed by atoms with Crippen molar-refractivity contribution in [2.24, 2.45) is 0 Å². The molecule has 8 nitrogen and oxygen atoms in total. The lowest BCUT2D eigenvalue weighted by Crippen LogP contribution is -2.35. The number of fused-ring (bicyclic) bond motifs is 1. The van der Waals surface area contributed by atoms with Gasteiger partial charge in [-0.3, -0.25) is 24.4 Å². The van der Waals surface area contributed by atoms with Crippen LogP contribution in [-0.4, -0.2) is 31.1 Å². The summed E-state index contributed by atoms with van der Waals surface area (Å²) in [4.78, 5) is 38.2. The quantitative estimate of drug-likeness (QED) is 0.745. The number of aromatic nitrogens is 4. The molecular formula is C18H14ClN5O3. The van der Waals surface area contributed by atoms with Gasteiger partial charge in [0.05, 0.1) is 0 Å². The Kier molecular flexibility index (Phi) is 4.33. The molecule has 0 aliphatic heterocycles. The molecule has 9 heteroatoms. The van der Waals surface area contributed by atoms with Crippen LogP contribution in [0.4, 0.5) is 0 Å². The summed E-state index contributed by atoms with van der Waals surface area (Å²) in [7, 11) is 0. The molecule has 1 aliphatic carbocycles. The third kappa shape index (κ3) is 3.15. The van der Waals surface area contributed by atoms with E-state index < -0.39 is 11.5 Å². The van der Waals surface area contributed by atoms with Crippen molar-refractivity contribution in [2.45, 2.75) is 19.3 Å². The van der Waals surface area contributed by atoms with E-state index in [1.807, 2.05) is 0 Å². The fourth-order valence-electron chi connectivity index (χ4n) is 3.15. The number of halogens is 1. The van der Waals surface area contributed by atoms with Crippen molar-refractivity contribution in [3.05, 3.63) is 75.2 Å². The Bertz CT molecular complexity index is 1090. The van der Waals surface area contributed by atoms with Crippen LogP contribution in [0.25, 0.3) is 5.69 Å². The number of hydrogen-bond donors (Lipinski definition) is 1. The number of benzene rings is 1. The molecule has 1 N–H and O–H groups in total. The summed E-state index contributed by atoms with van der Waals surface area (Å²) in [5, 5.41) is 7.72. The first kappa shape index (κ1) is 17.2. The Balaban J connectivity index is 1.90. The summed E-state index contributed by atoms with van der Waals surface area (Å²) in [6, 6.07) is 8.06. The average Bonchev–Trinajstić information content (AvgIpc) is 3.15. The van der Waals surface area contributed by atoms with Gasteiger partial charge in [0.15, 0.2) is 5.78 Å². The van der Waals surface area contributed by atoms with Crippen molar-refractivity contribution in [3.63, 3.8) is 0 Å². The second-order valence-electron chi connectivity index (χ2n) is 6.12. The number of carbonyl (C=O) groups is 2. The van der Waals surface area contributed by atoms with Crippen LogP contribution in [0.3, 0.4) is 0 Å². The molecule has 0 bridgehead atoms. The van der Waals surface area contributed by atoms with Crippen molar-refractivity contribution in [3.8, 4) is 5.69 Å². The smallest absolute Gasteiger partial charge is 0.275 e. The molecule has 1 aliphatic rings. The van der Waals surface area contributed by atoms with Gasteiger partial charge in [0.2, 0.25) is 0 Å². The van der Waals surface area contributed by atoms with Gasteiger partial charge in [-0.05, 0) is 43.2 Å². The summed E-state index contributed by atoms with van der Waals surface area (Å²) in [6.07, 6.45) is 4.20. The maximum atomic E-state index is 13.1. The minimum Gasteiger partial charge on any atom is -0.294 e. The number of pyridine rings is 1. The summed E-state index contributed by atoms with van der Waals surface area (Å²) in [6.45, 7) is 0. The fraction of sp³-hybridized carbons (Fsp3) is 0.167. The van der Waals surface area contributed by atoms with E-state index in [2.05, 4.69) is 15.6 Å². The minimum absolute atomic E-state index is 0.0858. The third-order valence-electron chi connectivity index (χ3n) is 4.40. The number of nitrogens with zero attached hydrogens (tertiary/aromatic N) is 4. The maximum Gasteiger partial charge on any atom is 0.275 e. The normalized spacial score (nSPS) is 13.3. The van der Waals surface area contributed by atoms with Crippen molar-refractivity contribution in [1.82, 2.24) is 19.4 Å². The first-order valence-electron chi connectivity index (χ1n) is 8.28. The first-order chi connectivity index (χ1) is 13.0. The van der Waals surface area contributed by atoms with E-state index >= 15 is 0 Å². The number of ketones is 1. The predicted molar refractivity (Wildman–Crippen MR) is 98.0 cm³/mol. The molecule has 4 rings (SSSR count). The van der Waals surface area contributed by atoms with E-state index in [1.165, 1.54) is 28.0 Å². The third-order valence-corrected chi connectivity index (χ3v) is 4.65. The van der Waals surface area contributed by atoms with E-state index in [-0.39, 0.29) is 11.3 Å². The Labute approximate surface area is 158 Å². The molecule has 0 saturated carbocycles. The van der Waals surface area contributed by atoms with Crippen molar-refractivity contribution in [1.29, 1.82) is 0 Å². The molecule has 3 aromatic rings. The Morgan fingerprint density at radius 3 is 2.48 bits per heavy atom. The zero-order chi connectivity index (χ0) is 19.0. The second kappa shape index (κ2) is 6.81. The van der Waals surface area contributed by atoms with E-state index in [4.69, 9.17) is 11.6 Å². The number of hydrogen-bond acceptors (Lipinski definition) is 5. The summed E-state index contributed by atoms with van der Waals surface area (Å²) < 4.78 is 2.65. The minimum atomic E-state index is -0.649. The molecule has 27 heavy (non-hydrogen) atoms. The van der Waals surface area contributed by atoms with Gasteiger partial charge < -0.3 is 0 Å². The lowest BCUT2D eigenvalue weighted by atomic mass is 9.92. The van der Waals surface area contributed by atoms with Crippen LogP contribution in [0.5, 0.6) is 0 Å². The molecule has 136 valence electrons.